The molecule has 3 rings (SSSR count). The Hall–Kier alpha value is -2.37. The van der Waals surface area contributed by atoms with Gasteiger partial charge in [0.25, 0.3) is 0 Å². The molecule has 1 fully saturated rings. The number of hydrogen-bond donors (Lipinski definition) is 0. The van der Waals surface area contributed by atoms with Crippen molar-refractivity contribution in [1.29, 1.82) is 0 Å². The van der Waals surface area contributed by atoms with E-state index in [2.05, 4.69) is 19.8 Å². The van der Waals surface area contributed by atoms with Crippen LogP contribution in [0.4, 0.5) is 21.8 Å². The highest BCUT2D eigenvalue weighted by atomic mass is 19.1. The molecule has 1 aromatic carbocycles. The predicted molar refractivity (Wildman–Crippen MR) is 87.2 cm³/mol. The van der Waals surface area contributed by atoms with Crippen molar-refractivity contribution in [1.82, 2.24) is 9.97 Å². The first-order chi connectivity index (χ1) is 10.6. The predicted octanol–water partition coefficient (Wildman–Crippen LogP) is 2.01. The van der Waals surface area contributed by atoms with Gasteiger partial charge in [-0.3, -0.25) is 0 Å². The minimum Gasteiger partial charge on any atom is -0.368 e. The van der Waals surface area contributed by atoms with Gasteiger partial charge < -0.3 is 14.7 Å². The van der Waals surface area contributed by atoms with Crippen molar-refractivity contribution >= 4 is 17.5 Å². The summed E-state index contributed by atoms with van der Waals surface area (Å²) in [5, 5.41) is 0. The van der Waals surface area contributed by atoms with Crippen LogP contribution in [0.2, 0.25) is 0 Å². The highest BCUT2D eigenvalue weighted by Gasteiger charge is 2.19. The first-order valence-corrected chi connectivity index (χ1v) is 7.39. The van der Waals surface area contributed by atoms with Crippen LogP contribution < -0.4 is 14.7 Å². The number of hydrogen-bond acceptors (Lipinski definition) is 5. The number of nitrogens with zero attached hydrogens (tertiary/aromatic N) is 5. The molecule has 6 heteroatoms. The van der Waals surface area contributed by atoms with Crippen LogP contribution in [-0.2, 0) is 0 Å². The van der Waals surface area contributed by atoms with Gasteiger partial charge in [0, 0.05) is 52.2 Å². The Morgan fingerprint density at radius 1 is 0.955 bits per heavy atom. The lowest BCUT2D eigenvalue weighted by molar-refractivity contribution is 0.623. The molecule has 1 saturated heterocycles. The minimum absolute atomic E-state index is 0.198. The number of halogens is 1. The maximum atomic E-state index is 13.0. The van der Waals surface area contributed by atoms with E-state index in [1.165, 1.54) is 12.1 Å². The lowest BCUT2D eigenvalue weighted by Crippen LogP contribution is -2.47. The number of rotatable bonds is 3. The Kier molecular flexibility index (Phi) is 4.09. The molecule has 0 spiro atoms. The molecular formula is C16H20FN5. The van der Waals surface area contributed by atoms with Crippen molar-refractivity contribution in [2.24, 2.45) is 0 Å². The van der Waals surface area contributed by atoms with Crippen LogP contribution in [0.5, 0.6) is 0 Å². The summed E-state index contributed by atoms with van der Waals surface area (Å²) >= 11 is 0. The fourth-order valence-corrected chi connectivity index (χ4v) is 2.56. The Bertz CT molecular complexity index is 621. The summed E-state index contributed by atoms with van der Waals surface area (Å²) in [4.78, 5) is 15.4. The average molecular weight is 301 g/mol. The van der Waals surface area contributed by atoms with Crippen LogP contribution in [0.25, 0.3) is 0 Å². The van der Waals surface area contributed by atoms with Gasteiger partial charge in [-0.1, -0.05) is 0 Å². The van der Waals surface area contributed by atoms with Crippen LogP contribution >= 0.6 is 0 Å². The molecule has 0 amide bonds. The lowest BCUT2D eigenvalue weighted by Gasteiger charge is -2.36. The number of aromatic nitrogens is 2. The molecule has 116 valence electrons. The molecule has 0 atom stereocenters. The summed E-state index contributed by atoms with van der Waals surface area (Å²) in [7, 11) is 3.94. The smallest absolute Gasteiger partial charge is 0.227 e. The van der Waals surface area contributed by atoms with Crippen molar-refractivity contribution in [3.05, 3.63) is 42.3 Å². The second-order valence-corrected chi connectivity index (χ2v) is 5.56. The third-order valence-electron chi connectivity index (χ3n) is 3.84. The topological polar surface area (TPSA) is 35.5 Å². The summed E-state index contributed by atoms with van der Waals surface area (Å²) in [5.41, 5.74) is 1.06. The van der Waals surface area contributed by atoms with E-state index in [-0.39, 0.29) is 5.82 Å². The number of anilines is 3. The Labute approximate surface area is 130 Å². The first-order valence-electron chi connectivity index (χ1n) is 7.39. The lowest BCUT2D eigenvalue weighted by atomic mass is 10.2. The van der Waals surface area contributed by atoms with E-state index >= 15 is 0 Å². The van der Waals surface area contributed by atoms with Crippen LogP contribution in [0.3, 0.4) is 0 Å². The van der Waals surface area contributed by atoms with Crippen molar-refractivity contribution in [2.75, 3.05) is 55.0 Å². The molecule has 0 N–H and O–H groups in total. The fraction of sp³-hybridized carbons (Fsp3) is 0.375. The molecular weight excluding hydrogens is 281 g/mol. The van der Waals surface area contributed by atoms with E-state index in [1.807, 2.05) is 37.2 Å². The quantitative estimate of drug-likeness (QED) is 0.866. The van der Waals surface area contributed by atoms with E-state index in [9.17, 15) is 4.39 Å². The van der Waals surface area contributed by atoms with Gasteiger partial charge >= 0.3 is 0 Å². The molecule has 1 aliphatic rings. The zero-order valence-corrected chi connectivity index (χ0v) is 12.9. The summed E-state index contributed by atoms with van der Waals surface area (Å²) in [6.07, 6.45) is 1.80. The summed E-state index contributed by atoms with van der Waals surface area (Å²) in [6, 6.07) is 8.57. The molecule has 0 radical (unpaired) electrons. The molecule has 2 aromatic rings. The molecule has 0 aliphatic carbocycles. The van der Waals surface area contributed by atoms with Gasteiger partial charge in [-0.2, -0.15) is 4.98 Å². The number of benzene rings is 1. The van der Waals surface area contributed by atoms with E-state index in [1.54, 1.807) is 6.20 Å². The normalized spacial score (nSPS) is 15.0. The molecule has 5 nitrogen and oxygen atoms in total. The Morgan fingerprint density at radius 3 is 2.23 bits per heavy atom. The van der Waals surface area contributed by atoms with Gasteiger partial charge in [0.05, 0.1) is 0 Å². The second-order valence-electron chi connectivity index (χ2n) is 5.56. The largest absolute Gasteiger partial charge is 0.368 e. The maximum Gasteiger partial charge on any atom is 0.227 e. The number of piperazine rings is 1. The second kappa shape index (κ2) is 6.17. The van der Waals surface area contributed by atoms with Crippen LogP contribution in [0.1, 0.15) is 0 Å². The van der Waals surface area contributed by atoms with E-state index in [4.69, 9.17) is 0 Å². The standard InChI is InChI=1S/C16H20FN5/c1-20(2)15-7-8-18-16(19-15)22-11-9-21(10-12-22)14-5-3-13(17)4-6-14/h3-8H,9-12H2,1-2H3. The minimum atomic E-state index is -0.198. The Morgan fingerprint density at radius 2 is 1.59 bits per heavy atom. The summed E-state index contributed by atoms with van der Waals surface area (Å²) in [6.45, 7) is 3.46. The van der Waals surface area contributed by atoms with Gasteiger partial charge in [-0.15, -0.1) is 0 Å². The van der Waals surface area contributed by atoms with Gasteiger partial charge in [-0.05, 0) is 30.3 Å². The summed E-state index contributed by atoms with van der Waals surface area (Å²) in [5.74, 6) is 1.48. The van der Waals surface area contributed by atoms with E-state index in [0.29, 0.717) is 0 Å². The van der Waals surface area contributed by atoms with Crippen molar-refractivity contribution < 1.29 is 4.39 Å². The van der Waals surface area contributed by atoms with Gasteiger partial charge in [0.2, 0.25) is 5.95 Å². The van der Waals surface area contributed by atoms with Crippen molar-refractivity contribution in [2.45, 2.75) is 0 Å². The van der Waals surface area contributed by atoms with Crippen LogP contribution in [0.15, 0.2) is 36.5 Å². The molecule has 1 aromatic heterocycles. The van der Waals surface area contributed by atoms with Crippen LogP contribution in [0, 0.1) is 5.82 Å². The van der Waals surface area contributed by atoms with Gasteiger partial charge in [0.15, 0.2) is 0 Å². The maximum absolute atomic E-state index is 13.0. The zero-order chi connectivity index (χ0) is 15.5. The molecule has 1 aliphatic heterocycles. The third-order valence-corrected chi connectivity index (χ3v) is 3.84. The SMILES string of the molecule is CN(C)c1ccnc(N2CCN(c3ccc(F)cc3)CC2)n1. The summed E-state index contributed by atoms with van der Waals surface area (Å²) < 4.78 is 13.0. The third kappa shape index (κ3) is 3.10. The van der Waals surface area contributed by atoms with Gasteiger partial charge in [-0.25, -0.2) is 9.37 Å². The van der Waals surface area contributed by atoms with Crippen molar-refractivity contribution in [3.8, 4) is 0 Å². The zero-order valence-electron chi connectivity index (χ0n) is 12.9. The first kappa shape index (κ1) is 14.6. The monoisotopic (exact) mass is 301 g/mol. The van der Waals surface area contributed by atoms with E-state index in [0.717, 1.165) is 43.6 Å². The molecule has 0 bridgehead atoms. The van der Waals surface area contributed by atoms with Crippen molar-refractivity contribution in [3.63, 3.8) is 0 Å². The Balaban J connectivity index is 1.66. The fourth-order valence-electron chi connectivity index (χ4n) is 2.56. The highest BCUT2D eigenvalue weighted by Crippen LogP contribution is 2.19. The molecule has 0 saturated carbocycles. The average Bonchev–Trinajstić information content (AvgIpc) is 2.56. The highest BCUT2D eigenvalue weighted by molar-refractivity contribution is 5.49. The van der Waals surface area contributed by atoms with E-state index < -0.39 is 0 Å². The molecule has 0 unspecified atom stereocenters. The molecule has 22 heavy (non-hydrogen) atoms. The van der Waals surface area contributed by atoms with Gasteiger partial charge in [0.1, 0.15) is 11.6 Å². The molecule has 2 heterocycles. The van der Waals surface area contributed by atoms with Crippen LogP contribution in [-0.4, -0.2) is 50.2 Å².